The number of hydrogen-bond donors (Lipinski definition) is 0. The lowest BCUT2D eigenvalue weighted by molar-refractivity contribution is -0.130. The molecule has 0 aromatic rings. The molecular weight excluding hydrogens is 188 g/mol. The lowest BCUT2D eigenvalue weighted by atomic mass is 9.63. The molecule has 4 atom stereocenters. The van der Waals surface area contributed by atoms with Crippen molar-refractivity contribution in [2.24, 2.45) is 23.2 Å². The molecule has 2 fully saturated rings. The van der Waals surface area contributed by atoms with Gasteiger partial charge in [-0.3, -0.25) is 4.79 Å². The van der Waals surface area contributed by atoms with Gasteiger partial charge < -0.3 is 4.79 Å². The molecule has 0 saturated heterocycles. The third-order valence-corrected chi connectivity index (χ3v) is 4.53. The molecule has 0 aliphatic heterocycles. The first-order chi connectivity index (χ1) is 7.00. The normalized spacial score (nSPS) is 44.1. The summed E-state index contributed by atoms with van der Waals surface area (Å²) in [6, 6.07) is 0. The van der Waals surface area contributed by atoms with E-state index in [1.807, 2.05) is 13.8 Å². The highest BCUT2D eigenvalue weighted by Gasteiger charge is 2.56. The zero-order valence-electron chi connectivity index (χ0n) is 9.45. The van der Waals surface area contributed by atoms with Gasteiger partial charge in [-0.15, -0.1) is 0 Å². The van der Waals surface area contributed by atoms with Crippen LogP contribution in [0.25, 0.3) is 0 Å². The van der Waals surface area contributed by atoms with Crippen molar-refractivity contribution in [3.05, 3.63) is 12.2 Å². The Morgan fingerprint density at radius 1 is 1.60 bits per heavy atom. The van der Waals surface area contributed by atoms with Crippen molar-refractivity contribution in [1.29, 1.82) is 0 Å². The topological polar surface area (TPSA) is 34.1 Å². The molecule has 2 bridgehead atoms. The number of allylic oxidation sites excluding steroid dienone is 1. The van der Waals surface area contributed by atoms with Crippen LogP contribution in [0.3, 0.4) is 0 Å². The predicted molar refractivity (Wildman–Crippen MR) is 58.3 cm³/mol. The van der Waals surface area contributed by atoms with Gasteiger partial charge in [0.15, 0.2) is 0 Å². The van der Waals surface area contributed by atoms with Gasteiger partial charge in [0.2, 0.25) is 0 Å². The number of fused-ring (bicyclic) bond motifs is 2. The van der Waals surface area contributed by atoms with Gasteiger partial charge in [0.1, 0.15) is 12.1 Å². The maximum atomic E-state index is 11.9. The van der Waals surface area contributed by atoms with Crippen LogP contribution in [0, 0.1) is 23.2 Å². The average Bonchev–Trinajstić information content (AvgIpc) is 2.31. The van der Waals surface area contributed by atoms with E-state index in [4.69, 9.17) is 0 Å². The fraction of sp³-hybridized carbons (Fsp3) is 0.692. The van der Waals surface area contributed by atoms with Crippen molar-refractivity contribution < 1.29 is 9.59 Å². The molecule has 0 amide bonds. The predicted octanol–water partition coefficient (Wildman–Crippen LogP) is 2.38. The molecular formula is C13H18O2. The van der Waals surface area contributed by atoms with Gasteiger partial charge in [-0.25, -0.2) is 0 Å². The van der Waals surface area contributed by atoms with Gasteiger partial charge in [0.25, 0.3) is 0 Å². The number of aldehydes is 1. The van der Waals surface area contributed by atoms with Crippen molar-refractivity contribution in [2.75, 3.05) is 0 Å². The van der Waals surface area contributed by atoms with Crippen LogP contribution in [-0.4, -0.2) is 12.1 Å². The second-order valence-corrected chi connectivity index (χ2v) is 5.36. The number of carbonyl (C=O) groups is 2. The monoisotopic (exact) mass is 206 g/mol. The molecule has 3 unspecified atom stereocenters. The summed E-state index contributed by atoms with van der Waals surface area (Å²) in [5.74, 6) is 0.819. The number of carbonyl (C=O) groups excluding carboxylic acids is 2. The summed E-state index contributed by atoms with van der Waals surface area (Å²) in [6.07, 6.45) is 3.46. The van der Waals surface area contributed by atoms with Gasteiger partial charge >= 0.3 is 0 Å². The van der Waals surface area contributed by atoms with Crippen LogP contribution in [0.2, 0.25) is 0 Å². The average molecular weight is 206 g/mol. The van der Waals surface area contributed by atoms with Crippen molar-refractivity contribution in [3.8, 4) is 0 Å². The molecule has 2 aliphatic carbocycles. The van der Waals surface area contributed by atoms with Crippen molar-refractivity contribution in [3.63, 3.8) is 0 Å². The summed E-state index contributed by atoms with van der Waals surface area (Å²) >= 11 is 0. The number of ketones is 1. The summed E-state index contributed by atoms with van der Waals surface area (Å²) in [7, 11) is 0. The zero-order valence-corrected chi connectivity index (χ0v) is 9.45. The van der Waals surface area contributed by atoms with Crippen LogP contribution in [0.1, 0.15) is 33.1 Å². The molecule has 0 aromatic heterocycles. The Hall–Kier alpha value is -0.920. The molecule has 82 valence electrons. The summed E-state index contributed by atoms with van der Waals surface area (Å²) < 4.78 is 0. The molecule has 0 heterocycles. The first kappa shape index (κ1) is 10.6. The molecule has 2 heteroatoms. The fourth-order valence-corrected chi connectivity index (χ4v) is 3.46. The Morgan fingerprint density at radius 3 is 2.80 bits per heavy atom. The molecule has 0 spiro atoms. The fourth-order valence-electron chi connectivity index (χ4n) is 3.46. The van der Waals surface area contributed by atoms with Crippen LogP contribution in [0.15, 0.2) is 12.2 Å². The van der Waals surface area contributed by atoms with E-state index in [1.165, 1.54) is 0 Å². The van der Waals surface area contributed by atoms with E-state index in [9.17, 15) is 9.59 Å². The van der Waals surface area contributed by atoms with Crippen LogP contribution < -0.4 is 0 Å². The van der Waals surface area contributed by atoms with Gasteiger partial charge in [-0.1, -0.05) is 19.1 Å². The highest BCUT2D eigenvalue weighted by molar-refractivity contribution is 5.91. The molecule has 0 aromatic carbocycles. The first-order valence-electron chi connectivity index (χ1n) is 5.64. The van der Waals surface area contributed by atoms with Gasteiger partial charge in [0, 0.05) is 17.8 Å². The minimum Gasteiger partial charge on any atom is -0.303 e. The van der Waals surface area contributed by atoms with Crippen LogP contribution >= 0.6 is 0 Å². The van der Waals surface area contributed by atoms with Crippen molar-refractivity contribution in [2.45, 2.75) is 33.1 Å². The molecule has 0 N–H and O–H groups in total. The van der Waals surface area contributed by atoms with E-state index >= 15 is 0 Å². The van der Waals surface area contributed by atoms with E-state index in [0.29, 0.717) is 12.3 Å². The molecule has 15 heavy (non-hydrogen) atoms. The van der Waals surface area contributed by atoms with Gasteiger partial charge in [0.05, 0.1) is 0 Å². The summed E-state index contributed by atoms with van der Waals surface area (Å²) in [5, 5.41) is 0. The summed E-state index contributed by atoms with van der Waals surface area (Å²) in [5.41, 5.74) is 0.766. The maximum absolute atomic E-state index is 11.9. The summed E-state index contributed by atoms with van der Waals surface area (Å²) in [4.78, 5) is 23.1. The van der Waals surface area contributed by atoms with Crippen LogP contribution in [0.5, 0.6) is 0 Å². The lowest BCUT2D eigenvalue weighted by Crippen LogP contribution is -2.38. The van der Waals surface area contributed by atoms with Crippen molar-refractivity contribution >= 4 is 12.1 Å². The zero-order chi connectivity index (χ0) is 11.2. The largest absolute Gasteiger partial charge is 0.303 e. The second-order valence-electron chi connectivity index (χ2n) is 5.36. The van der Waals surface area contributed by atoms with E-state index in [2.05, 4.69) is 6.58 Å². The van der Waals surface area contributed by atoms with E-state index in [-0.39, 0.29) is 23.0 Å². The Labute approximate surface area is 90.7 Å². The highest BCUT2D eigenvalue weighted by Crippen LogP contribution is 2.55. The third kappa shape index (κ3) is 1.30. The Morgan fingerprint density at radius 2 is 2.27 bits per heavy atom. The molecule has 2 saturated carbocycles. The summed E-state index contributed by atoms with van der Waals surface area (Å²) in [6.45, 7) is 7.96. The number of hydrogen-bond acceptors (Lipinski definition) is 2. The van der Waals surface area contributed by atoms with E-state index in [1.54, 1.807) is 0 Å². The van der Waals surface area contributed by atoms with Crippen LogP contribution in [0.4, 0.5) is 0 Å². The standard InChI is InChI=1S/C13H18O2/c1-8(2)9-4-5-13(3)11(7-14)10(9)6-12(13)15/h7,9-11H,1,4-6H2,2-3H3/t9?,10?,11?,13-/m0/s1. The number of Topliss-reactive ketones (excluding diaryl/α,β-unsaturated/α-hetero) is 1. The highest BCUT2D eigenvalue weighted by atomic mass is 16.1. The molecule has 2 nitrogen and oxygen atoms in total. The molecule has 0 radical (unpaired) electrons. The van der Waals surface area contributed by atoms with E-state index in [0.717, 1.165) is 24.7 Å². The first-order valence-corrected chi connectivity index (χ1v) is 5.64. The van der Waals surface area contributed by atoms with Crippen LogP contribution in [-0.2, 0) is 9.59 Å². The van der Waals surface area contributed by atoms with Crippen molar-refractivity contribution in [1.82, 2.24) is 0 Å². The minimum atomic E-state index is -0.363. The number of rotatable bonds is 2. The molecule has 2 aliphatic rings. The van der Waals surface area contributed by atoms with Gasteiger partial charge in [-0.2, -0.15) is 0 Å². The second kappa shape index (κ2) is 3.29. The molecule has 2 rings (SSSR count). The quantitative estimate of drug-likeness (QED) is 0.513. The third-order valence-electron chi connectivity index (χ3n) is 4.53. The Kier molecular flexibility index (Phi) is 2.32. The lowest BCUT2D eigenvalue weighted by Gasteiger charge is -2.38. The Balaban J connectivity index is 2.36. The van der Waals surface area contributed by atoms with Gasteiger partial charge in [-0.05, 0) is 31.6 Å². The minimum absolute atomic E-state index is 0.0690. The Bertz CT molecular complexity index is 331. The maximum Gasteiger partial charge on any atom is 0.139 e. The smallest absolute Gasteiger partial charge is 0.139 e. The SMILES string of the molecule is C=C(C)C1CC[C@]2(C)C(=O)CC1C2C=O. The van der Waals surface area contributed by atoms with E-state index < -0.39 is 0 Å².